The van der Waals surface area contributed by atoms with E-state index in [-0.39, 0.29) is 11.9 Å². The molecule has 0 heterocycles. The third-order valence-electron chi connectivity index (χ3n) is 4.17. The van der Waals surface area contributed by atoms with Gasteiger partial charge in [0.15, 0.2) is 0 Å². The topological polar surface area (TPSA) is 32.3 Å². The van der Waals surface area contributed by atoms with E-state index in [1.54, 1.807) is 6.07 Å². The number of nitrogens with one attached hydrogen (secondary N) is 1. The molecule has 0 aromatic heterocycles. The molecule has 0 radical (unpaired) electrons. The lowest BCUT2D eigenvalue weighted by Crippen LogP contribution is -2.39. The first kappa shape index (κ1) is 20.1. The summed E-state index contributed by atoms with van der Waals surface area (Å²) in [6.45, 7) is 4.65. The number of hydrogen-bond acceptors (Lipinski definition) is 2. The fourth-order valence-electron chi connectivity index (χ4n) is 2.36. The van der Waals surface area contributed by atoms with E-state index in [2.05, 4.69) is 36.5 Å². The largest absolute Gasteiger partial charge is 0.323 e. The maximum absolute atomic E-state index is 12.5. The molecule has 6 heteroatoms. The number of hydrogen-bond donors (Lipinski definition) is 1. The molecule has 25 heavy (non-hydrogen) atoms. The molecule has 0 saturated heterocycles. The quantitative estimate of drug-likeness (QED) is 0.635. The fourth-order valence-corrected chi connectivity index (χ4v) is 2.96. The lowest BCUT2D eigenvalue weighted by Gasteiger charge is -2.24. The molecule has 2 aromatic rings. The normalized spacial score (nSPS) is 12.3. The van der Waals surface area contributed by atoms with Crippen molar-refractivity contribution in [3.63, 3.8) is 0 Å². The van der Waals surface area contributed by atoms with Crippen LogP contribution in [0.25, 0.3) is 0 Å². The predicted octanol–water partition coefficient (Wildman–Crippen LogP) is 5.67. The monoisotopic (exact) mass is 398 g/mol. The maximum Gasteiger partial charge on any atom is 0.241 e. The summed E-state index contributed by atoms with van der Waals surface area (Å²) in [7, 11) is 1.91. The number of amides is 1. The molecule has 1 atom stereocenters. The summed E-state index contributed by atoms with van der Waals surface area (Å²) in [5, 5.41) is 3.86. The Balaban J connectivity index is 2.02. The molecule has 0 spiro atoms. The van der Waals surface area contributed by atoms with Gasteiger partial charge < -0.3 is 5.32 Å². The number of halogens is 3. The lowest BCUT2D eigenvalue weighted by atomic mass is 10.1. The summed E-state index contributed by atoms with van der Waals surface area (Å²) in [5.74, 6) is -0.159. The van der Waals surface area contributed by atoms with Gasteiger partial charge in [-0.15, -0.1) is 0 Å². The van der Waals surface area contributed by atoms with E-state index < -0.39 is 0 Å². The molecule has 0 aliphatic rings. The first-order chi connectivity index (χ1) is 11.8. The molecular formula is C19H21Cl3N2O. The van der Waals surface area contributed by atoms with Crippen LogP contribution in [0.15, 0.2) is 36.4 Å². The van der Waals surface area contributed by atoms with Gasteiger partial charge >= 0.3 is 0 Å². The Morgan fingerprint density at radius 3 is 2.20 bits per heavy atom. The Morgan fingerprint density at radius 1 is 1.04 bits per heavy atom. The van der Waals surface area contributed by atoms with Crippen molar-refractivity contribution in [2.75, 3.05) is 12.4 Å². The second-order valence-corrected chi connectivity index (χ2v) is 7.22. The van der Waals surface area contributed by atoms with E-state index in [1.807, 2.05) is 18.9 Å². The van der Waals surface area contributed by atoms with Gasteiger partial charge in [-0.1, -0.05) is 66.0 Å². The van der Waals surface area contributed by atoms with Crippen LogP contribution in [-0.4, -0.2) is 23.9 Å². The zero-order valence-electron chi connectivity index (χ0n) is 14.4. The summed E-state index contributed by atoms with van der Waals surface area (Å²) in [6, 6.07) is 11.2. The van der Waals surface area contributed by atoms with Crippen molar-refractivity contribution < 1.29 is 4.79 Å². The molecule has 1 N–H and O–H groups in total. The van der Waals surface area contributed by atoms with E-state index in [1.165, 1.54) is 11.6 Å². The van der Waals surface area contributed by atoms with Crippen LogP contribution < -0.4 is 5.32 Å². The van der Waals surface area contributed by atoms with Gasteiger partial charge in [0.2, 0.25) is 5.91 Å². The van der Waals surface area contributed by atoms with Gasteiger partial charge in [-0.25, -0.2) is 0 Å². The van der Waals surface area contributed by atoms with Crippen LogP contribution in [0.1, 0.15) is 25.0 Å². The van der Waals surface area contributed by atoms with Crippen molar-refractivity contribution in [3.05, 3.63) is 62.6 Å². The summed E-state index contributed by atoms with van der Waals surface area (Å²) in [4.78, 5) is 14.5. The van der Waals surface area contributed by atoms with E-state index in [0.717, 1.165) is 12.0 Å². The molecule has 1 amide bonds. The van der Waals surface area contributed by atoms with Gasteiger partial charge in [-0.3, -0.25) is 9.69 Å². The van der Waals surface area contributed by atoms with Crippen LogP contribution in [0.3, 0.4) is 0 Å². The average Bonchev–Trinajstić information content (AvgIpc) is 2.59. The number of carbonyl (C=O) groups excluding carboxylic acids is 1. The number of likely N-dealkylation sites (N-methyl/N-ethyl adjacent to an activating group) is 1. The highest BCUT2D eigenvalue weighted by Gasteiger charge is 2.19. The molecule has 1 unspecified atom stereocenters. The van der Waals surface area contributed by atoms with Crippen molar-refractivity contribution in [2.24, 2.45) is 0 Å². The van der Waals surface area contributed by atoms with Gasteiger partial charge in [0.25, 0.3) is 0 Å². The third-order valence-corrected chi connectivity index (χ3v) is 5.21. The highest BCUT2D eigenvalue weighted by atomic mass is 35.5. The SMILES string of the molecule is CCc1ccc(CN(C)C(C)C(=O)Nc2cc(Cl)c(Cl)cc2Cl)cc1. The molecule has 134 valence electrons. The highest BCUT2D eigenvalue weighted by Crippen LogP contribution is 2.32. The predicted molar refractivity (Wildman–Crippen MR) is 107 cm³/mol. The first-order valence-corrected chi connectivity index (χ1v) is 9.18. The van der Waals surface area contributed by atoms with Crippen LogP contribution in [-0.2, 0) is 17.8 Å². The first-order valence-electron chi connectivity index (χ1n) is 8.05. The molecule has 0 fully saturated rings. The second kappa shape index (κ2) is 8.91. The number of carbonyl (C=O) groups is 1. The van der Waals surface area contributed by atoms with Crippen LogP contribution >= 0.6 is 34.8 Å². The van der Waals surface area contributed by atoms with Crippen molar-refractivity contribution in [2.45, 2.75) is 32.9 Å². The third kappa shape index (κ3) is 5.35. The average molecular weight is 400 g/mol. The number of aryl methyl sites for hydroxylation is 1. The molecule has 3 nitrogen and oxygen atoms in total. The van der Waals surface area contributed by atoms with Crippen molar-refractivity contribution in [3.8, 4) is 0 Å². The maximum atomic E-state index is 12.5. The van der Waals surface area contributed by atoms with E-state index in [0.29, 0.717) is 27.3 Å². The zero-order chi connectivity index (χ0) is 18.6. The summed E-state index contributed by atoms with van der Waals surface area (Å²) in [5.41, 5.74) is 2.91. The minimum absolute atomic E-state index is 0.159. The Kier molecular flexibility index (Phi) is 7.14. The lowest BCUT2D eigenvalue weighted by molar-refractivity contribution is -0.120. The molecule has 0 aliphatic carbocycles. The number of rotatable bonds is 6. The fraction of sp³-hybridized carbons (Fsp3) is 0.316. The van der Waals surface area contributed by atoms with Crippen LogP contribution in [0.5, 0.6) is 0 Å². The molecule has 0 saturated carbocycles. The number of anilines is 1. The standard InChI is InChI=1S/C19H21Cl3N2O/c1-4-13-5-7-14(8-6-13)11-24(3)12(2)19(25)23-18-10-16(21)15(20)9-17(18)22/h5-10,12H,4,11H2,1-3H3,(H,23,25). The van der Waals surface area contributed by atoms with Crippen molar-refractivity contribution >= 4 is 46.4 Å². The van der Waals surface area contributed by atoms with Crippen molar-refractivity contribution in [1.29, 1.82) is 0 Å². The molecule has 0 bridgehead atoms. The second-order valence-electron chi connectivity index (χ2n) is 6.00. The smallest absolute Gasteiger partial charge is 0.241 e. The van der Waals surface area contributed by atoms with Crippen LogP contribution in [0.4, 0.5) is 5.69 Å². The van der Waals surface area contributed by atoms with Gasteiger partial charge in [0.05, 0.1) is 26.8 Å². The minimum Gasteiger partial charge on any atom is -0.323 e. The van der Waals surface area contributed by atoms with E-state index in [4.69, 9.17) is 34.8 Å². The summed E-state index contributed by atoms with van der Waals surface area (Å²) in [6.07, 6.45) is 1.01. The van der Waals surface area contributed by atoms with Gasteiger partial charge in [0, 0.05) is 6.54 Å². The minimum atomic E-state index is -0.337. The zero-order valence-corrected chi connectivity index (χ0v) is 16.7. The summed E-state index contributed by atoms with van der Waals surface area (Å²) >= 11 is 18.0. The molecule has 0 aliphatic heterocycles. The van der Waals surface area contributed by atoms with Gasteiger partial charge in [-0.05, 0) is 43.7 Å². The van der Waals surface area contributed by atoms with Crippen LogP contribution in [0.2, 0.25) is 15.1 Å². The van der Waals surface area contributed by atoms with E-state index >= 15 is 0 Å². The Morgan fingerprint density at radius 2 is 1.60 bits per heavy atom. The Hall–Kier alpha value is -1.26. The molecule has 2 aromatic carbocycles. The van der Waals surface area contributed by atoms with Gasteiger partial charge in [0.1, 0.15) is 0 Å². The summed E-state index contributed by atoms with van der Waals surface area (Å²) < 4.78 is 0. The number of benzene rings is 2. The Labute approximate surface area is 163 Å². The number of nitrogens with zero attached hydrogens (tertiary/aromatic N) is 1. The highest BCUT2D eigenvalue weighted by molar-refractivity contribution is 6.44. The van der Waals surface area contributed by atoms with Crippen molar-refractivity contribution in [1.82, 2.24) is 4.90 Å². The molecular weight excluding hydrogens is 379 g/mol. The Bertz CT molecular complexity index is 747. The van der Waals surface area contributed by atoms with E-state index in [9.17, 15) is 4.79 Å². The van der Waals surface area contributed by atoms with Crippen LogP contribution in [0, 0.1) is 0 Å². The molecule has 2 rings (SSSR count). The van der Waals surface area contributed by atoms with Gasteiger partial charge in [-0.2, -0.15) is 0 Å².